The van der Waals surface area contributed by atoms with Crippen LogP contribution in [0.4, 0.5) is 0 Å². The van der Waals surface area contributed by atoms with E-state index in [1.165, 1.54) is 6.92 Å². The number of nitrogens with one attached hydrogen (secondary N) is 4. The van der Waals surface area contributed by atoms with E-state index in [0.717, 1.165) is 0 Å². The van der Waals surface area contributed by atoms with Gasteiger partial charge in [0.05, 0.1) is 6.04 Å². The number of guanidine groups is 1. The molecular weight excluding hydrogens is 318 g/mol. The molecule has 11 nitrogen and oxygen atoms in total. The lowest BCUT2D eigenvalue weighted by Crippen LogP contribution is -2.53. The van der Waals surface area contributed by atoms with Crippen LogP contribution in [0.1, 0.15) is 26.2 Å². The van der Waals surface area contributed by atoms with Crippen LogP contribution < -0.4 is 33.2 Å². The van der Waals surface area contributed by atoms with Crippen LogP contribution in [0.5, 0.6) is 0 Å². The minimum absolute atomic E-state index is 0.0877. The maximum Gasteiger partial charge on any atom is 0.326 e. The van der Waals surface area contributed by atoms with E-state index in [9.17, 15) is 14.4 Å². The molecule has 0 saturated carbocycles. The molecule has 0 rings (SSSR count). The average Bonchev–Trinajstić information content (AvgIpc) is 2.50. The minimum atomic E-state index is -1.19. The third kappa shape index (κ3) is 8.90. The summed E-state index contributed by atoms with van der Waals surface area (Å²) in [5, 5.41) is 23.3. The first-order valence-electron chi connectivity index (χ1n) is 7.56. The second-order valence-corrected chi connectivity index (χ2v) is 5.30. The van der Waals surface area contributed by atoms with Gasteiger partial charge in [-0.3, -0.25) is 15.0 Å². The minimum Gasteiger partial charge on any atom is -0.480 e. The molecule has 0 radical (unpaired) electrons. The summed E-state index contributed by atoms with van der Waals surface area (Å²) in [5.74, 6) is -2.51. The fourth-order valence-corrected chi connectivity index (χ4v) is 1.78. The zero-order valence-electron chi connectivity index (χ0n) is 13.7. The molecule has 0 aromatic heterocycles. The van der Waals surface area contributed by atoms with Crippen LogP contribution in [0, 0.1) is 5.41 Å². The quantitative estimate of drug-likeness (QED) is 0.110. The molecule has 3 atom stereocenters. The SMILES string of the molecule is C[C@H](NC(=O)[C@@H](N)CCCNC(=N)N)C(=O)N[C@@H](CCN)C(=O)O. The van der Waals surface area contributed by atoms with Crippen molar-refractivity contribution in [3.05, 3.63) is 0 Å². The summed E-state index contributed by atoms with van der Waals surface area (Å²) in [5.41, 5.74) is 16.1. The Labute approximate surface area is 140 Å². The van der Waals surface area contributed by atoms with Crippen LogP contribution in [-0.4, -0.2) is 60.1 Å². The normalized spacial score (nSPS) is 14.1. The van der Waals surface area contributed by atoms with E-state index in [-0.39, 0.29) is 18.9 Å². The molecule has 0 spiro atoms. The van der Waals surface area contributed by atoms with E-state index in [0.29, 0.717) is 19.4 Å². The molecule has 11 heteroatoms. The van der Waals surface area contributed by atoms with Crippen molar-refractivity contribution in [3.63, 3.8) is 0 Å². The molecule has 138 valence electrons. The van der Waals surface area contributed by atoms with Crippen molar-refractivity contribution in [3.8, 4) is 0 Å². The number of carbonyl (C=O) groups is 3. The first-order chi connectivity index (χ1) is 11.2. The second-order valence-electron chi connectivity index (χ2n) is 5.30. The fourth-order valence-electron chi connectivity index (χ4n) is 1.78. The lowest BCUT2D eigenvalue weighted by molar-refractivity contribution is -0.142. The number of rotatable bonds is 11. The Balaban J connectivity index is 4.29. The fraction of sp³-hybridized carbons (Fsp3) is 0.692. The van der Waals surface area contributed by atoms with Crippen LogP contribution in [0.15, 0.2) is 0 Å². The van der Waals surface area contributed by atoms with Crippen LogP contribution >= 0.6 is 0 Å². The van der Waals surface area contributed by atoms with E-state index < -0.39 is 35.9 Å². The highest BCUT2D eigenvalue weighted by Gasteiger charge is 2.24. The standard InChI is InChI=1S/C13H27N7O4/c1-7(10(21)20-9(4-5-14)12(23)24)19-11(22)8(15)3-2-6-18-13(16)17/h7-9H,2-6,14-15H2,1H3,(H,19,22)(H,20,21)(H,23,24)(H4,16,17,18)/t7-,8-,9-/m0/s1. The van der Waals surface area contributed by atoms with Crippen LogP contribution in [0.2, 0.25) is 0 Å². The monoisotopic (exact) mass is 345 g/mol. The Hall–Kier alpha value is -2.40. The maximum atomic E-state index is 11.9. The van der Waals surface area contributed by atoms with Crippen molar-refractivity contribution >= 4 is 23.7 Å². The van der Waals surface area contributed by atoms with E-state index in [1.807, 2.05) is 0 Å². The maximum absolute atomic E-state index is 11.9. The molecule has 11 N–H and O–H groups in total. The second kappa shape index (κ2) is 11.2. The topological polar surface area (TPSA) is 209 Å². The zero-order chi connectivity index (χ0) is 18.7. The van der Waals surface area contributed by atoms with Gasteiger partial charge in [0.1, 0.15) is 12.1 Å². The average molecular weight is 345 g/mol. The predicted octanol–water partition coefficient (Wildman–Crippen LogP) is -3.00. The van der Waals surface area contributed by atoms with Crippen molar-refractivity contribution in [1.82, 2.24) is 16.0 Å². The van der Waals surface area contributed by atoms with Gasteiger partial charge in [0.25, 0.3) is 0 Å². The van der Waals surface area contributed by atoms with E-state index in [1.54, 1.807) is 0 Å². The first kappa shape index (κ1) is 21.6. The van der Waals surface area contributed by atoms with Gasteiger partial charge in [0.15, 0.2) is 5.96 Å². The largest absolute Gasteiger partial charge is 0.480 e. The van der Waals surface area contributed by atoms with Gasteiger partial charge in [0.2, 0.25) is 11.8 Å². The van der Waals surface area contributed by atoms with Crippen molar-refractivity contribution < 1.29 is 19.5 Å². The smallest absolute Gasteiger partial charge is 0.326 e. The summed E-state index contributed by atoms with van der Waals surface area (Å²) >= 11 is 0. The van der Waals surface area contributed by atoms with E-state index in [2.05, 4.69) is 16.0 Å². The highest BCUT2D eigenvalue weighted by Crippen LogP contribution is 1.97. The third-order valence-corrected chi connectivity index (χ3v) is 3.17. The number of carbonyl (C=O) groups excluding carboxylic acids is 2. The number of carboxylic acid groups (broad SMARTS) is 1. The molecule has 0 aliphatic carbocycles. The van der Waals surface area contributed by atoms with Gasteiger partial charge < -0.3 is 38.3 Å². The molecule has 0 aromatic carbocycles. The van der Waals surface area contributed by atoms with Crippen LogP contribution in [0.25, 0.3) is 0 Å². The molecule has 0 heterocycles. The molecule has 0 saturated heterocycles. The summed E-state index contributed by atoms with van der Waals surface area (Å²) in [4.78, 5) is 34.8. The molecule has 2 amide bonds. The lowest BCUT2D eigenvalue weighted by atomic mass is 10.1. The molecule has 0 fully saturated rings. The summed E-state index contributed by atoms with van der Waals surface area (Å²) in [6.07, 6.45) is 0.947. The molecule has 0 aliphatic heterocycles. The Bertz CT molecular complexity index is 458. The Kier molecular flexibility index (Phi) is 10.1. The third-order valence-electron chi connectivity index (χ3n) is 3.17. The molecule has 0 bridgehead atoms. The summed E-state index contributed by atoms with van der Waals surface area (Å²) in [7, 11) is 0. The first-order valence-corrected chi connectivity index (χ1v) is 7.56. The van der Waals surface area contributed by atoms with Gasteiger partial charge in [-0.25, -0.2) is 4.79 Å². The number of hydrogen-bond donors (Lipinski definition) is 8. The van der Waals surface area contributed by atoms with Crippen molar-refractivity contribution in [2.45, 2.75) is 44.3 Å². The number of amides is 2. The van der Waals surface area contributed by atoms with Gasteiger partial charge >= 0.3 is 5.97 Å². The van der Waals surface area contributed by atoms with Crippen LogP contribution in [-0.2, 0) is 14.4 Å². The van der Waals surface area contributed by atoms with E-state index >= 15 is 0 Å². The lowest BCUT2D eigenvalue weighted by Gasteiger charge is -2.20. The molecule has 0 aliphatic rings. The highest BCUT2D eigenvalue weighted by molar-refractivity contribution is 5.91. The van der Waals surface area contributed by atoms with E-state index in [4.69, 9.17) is 27.7 Å². The number of hydrogen-bond acceptors (Lipinski definition) is 6. The summed E-state index contributed by atoms with van der Waals surface area (Å²) < 4.78 is 0. The Morgan fingerprint density at radius 2 is 1.79 bits per heavy atom. The van der Waals surface area contributed by atoms with Gasteiger partial charge in [0, 0.05) is 6.54 Å². The Morgan fingerprint density at radius 1 is 1.17 bits per heavy atom. The molecule has 0 unspecified atom stereocenters. The predicted molar refractivity (Wildman–Crippen MR) is 88.0 cm³/mol. The number of aliphatic carboxylic acids is 1. The van der Waals surface area contributed by atoms with Crippen molar-refractivity contribution in [2.24, 2.45) is 17.2 Å². The zero-order valence-corrected chi connectivity index (χ0v) is 13.7. The van der Waals surface area contributed by atoms with Crippen LogP contribution in [0.3, 0.4) is 0 Å². The van der Waals surface area contributed by atoms with Gasteiger partial charge in [-0.05, 0) is 32.7 Å². The van der Waals surface area contributed by atoms with Gasteiger partial charge in [-0.1, -0.05) is 0 Å². The highest BCUT2D eigenvalue weighted by atomic mass is 16.4. The summed E-state index contributed by atoms with van der Waals surface area (Å²) in [6.45, 7) is 1.95. The van der Waals surface area contributed by atoms with Crippen molar-refractivity contribution in [1.29, 1.82) is 5.41 Å². The van der Waals surface area contributed by atoms with Gasteiger partial charge in [-0.2, -0.15) is 0 Å². The molecule has 0 aromatic rings. The van der Waals surface area contributed by atoms with Gasteiger partial charge in [-0.15, -0.1) is 0 Å². The number of carboxylic acids is 1. The van der Waals surface area contributed by atoms with Crippen molar-refractivity contribution in [2.75, 3.05) is 13.1 Å². The number of nitrogens with two attached hydrogens (primary N) is 3. The Morgan fingerprint density at radius 3 is 2.29 bits per heavy atom. The molecule has 24 heavy (non-hydrogen) atoms. The summed E-state index contributed by atoms with van der Waals surface area (Å²) in [6, 6.07) is -2.86. The molecular formula is C13H27N7O4.